The highest BCUT2D eigenvalue weighted by Gasteiger charge is 2.24. The molecule has 0 spiro atoms. The smallest absolute Gasteiger partial charge is 0.142 e. The van der Waals surface area contributed by atoms with E-state index in [4.69, 9.17) is 5.26 Å². The predicted molar refractivity (Wildman–Crippen MR) is 56.4 cm³/mol. The summed E-state index contributed by atoms with van der Waals surface area (Å²) in [5.74, 6) is 0.797. The molecular formula is C11H13N3O. The van der Waals surface area contributed by atoms with Crippen molar-refractivity contribution in [3.63, 3.8) is 0 Å². The normalized spacial score (nSPS) is 20.3. The molecule has 0 radical (unpaired) electrons. The molecule has 0 bridgehead atoms. The molecule has 1 atom stereocenters. The number of aromatic nitrogens is 1. The molecule has 4 nitrogen and oxygen atoms in total. The van der Waals surface area contributed by atoms with Gasteiger partial charge in [0.1, 0.15) is 17.6 Å². The summed E-state index contributed by atoms with van der Waals surface area (Å²) < 4.78 is 0. The summed E-state index contributed by atoms with van der Waals surface area (Å²) in [6.07, 6.45) is 2.07. The fourth-order valence-electron chi connectivity index (χ4n) is 1.97. The molecule has 0 aromatic carbocycles. The molecule has 1 unspecified atom stereocenters. The minimum Gasteiger partial charge on any atom is -0.394 e. The Morgan fingerprint density at radius 2 is 2.47 bits per heavy atom. The third-order valence-corrected chi connectivity index (χ3v) is 2.73. The summed E-state index contributed by atoms with van der Waals surface area (Å²) in [5.41, 5.74) is 0.427. The van der Waals surface area contributed by atoms with Crippen LogP contribution in [-0.4, -0.2) is 29.3 Å². The zero-order valence-electron chi connectivity index (χ0n) is 8.43. The fraction of sp³-hybridized carbons (Fsp3) is 0.455. The van der Waals surface area contributed by atoms with Crippen LogP contribution in [0.25, 0.3) is 0 Å². The third kappa shape index (κ3) is 1.92. The van der Waals surface area contributed by atoms with Gasteiger partial charge >= 0.3 is 0 Å². The molecule has 15 heavy (non-hydrogen) atoms. The van der Waals surface area contributed by atoms with E-state index in [1.165, 1.54) is 0 Å². The van der Waals surface area contributed by atoms with Gasteiger partial charge in [0, 0.05) is 6.54 Å². The molecule has 1 aromatic rings. The van der Waals surface area contributed by atoms with Crippen molar-refractivity contribution in [2.24, 2.45) is 0 Å². The molecule has 2 rings (SSSR count). The van der Waals surface area contributed by atoms with Crippen molar-refractivity contribution in [3.8, 4) is 6.07 Å². The monoisotopic (exact) mass is 203 g/mol. The van der Waals surface area contributed by atoms with Gasteiger partial charge in [0.05, 0.1) is 12.6 Å². The highest BCUT2D eigenvalue weighted by atomic mass is 16.3. The van der Waals surface area contributed by atoms with Crippen LogP contribution >= 0.6 is 0 Å². The van der Waals surface area contributed by atoms with Crippen molar-refractivity contribution in [1.29, 1.82) is 5.26 Å². The first-order valence-electron chi connectivity index (χ1n) is 5.10. The van der Waals surface area contributed by atoms with E-state index in [-0.39, 0.29) is 12.6 Å². The first-order chi connectivity index (χ1) is 7.35. The number of hydrogen-bond acceptors (Lipinski definition) is 4. The second kappa shape index (κ2) is 4.28. The Labute approximate surface area is 88.8 Å². The lowest BCUT2D eigenvalue weighted by atomic mass is 10.2. The van der Waals surface area contributed by atoms with Gasteiger partial charge in [-0.25, -0.2) is 4.98 Å². The van der Waals surface area contributed by atoms with E-state index >= 15 is 0 Å². The summed E-state index contributed by atoms with van der Waals surface area (Å²) in [6.45, 7) is 1.06. The lowest BCUT2D eigenvalue weighted by Crippen LogP contribution is -2.32. The molecular weight excluding hydrogens is 190 g/mol. The van der Waals surface area contributed by atoms with Crippen molar-refractivity contribution in [2.45, 2.75) is 18.9 Å². The highest BCUT2D eigenvalue weighted by molar-refractivity contribution is 5.43. The van der Waals surface area contributed by atoms with E-state index in [0.717, 1.165) is 25.2 Å². The first-order valence-corrected chi connectivity index (χ1v) is 5.10. The van der Waals surface area contributed by atoms with Gasteiger partial charge < -0.3 is 10.0 Å². The standard InChI is InChI=1S/C11H13N3O/c12-7-9-3-1-5-11(13-9)14-6-2-4-10(14)8-15/h1,3,5,10,15H,2,4,6,8H2. The minimum atomic E-state index is 0.151. The minimum absolute atomic E-state index is 0.151. The maximum atomic E-state index is 9.19. The number of nitriles is 1. The Morgan fingerprint density at radius 3 is 3.20 bits per heavy atom. The number of pyridine rings is 1. The van der Waals surface area contributed by atoms with Gasteiger partial charge in [-0.1, -0.05) is 6.07 Å². The molecule has 4 heteroatoms. The Balaban J connectivity index is 2.25. The van der Waals surface area contributed by atoms with Crippen LogP contribution in [0.5, 0.6) is 0 Å². The van der Waals surface area contributed by atoms with Crippen molar-refractivity contribution in [2.75, 3.05) is 18.1 Å². The number of anilines is 1. The topological polar surface area (TPSA) is 60.2 Å². The average Bonchev–Trinajstić information content (AvgIpc) is 2.77. The molecule has 0 saturated carbocycles. The van der Waals surface area contributed by atoms with Crippen LogP contribution in [0.1, 0.15) is 18.5 Å². The predicted octanol–water partition coefficient (Wildman–Crippen LogP) is 0.914. The number of aliphatic hydroxyl groups is 1. The van der Waals surface area contributed by atoms with Crippen LogP contribution < -0.4 is 4.90 Å². The van der Waals surface area contributed by atoms with Crippen LogP contribution in [-0.2, 0) is 0 Å². The molecule has 2 heterocycles. The maximum absolute atomic E-state index is 9.19. The van der Waals surface area contributed by atoms with Crippen molar-refractivity contribution in [3.05, 3.63) is 23.9 Å². The molecule has 1 N–H and O–H groups in total. The van der Waals surface area contributed by atoms with Gasteiger partial charge in [-0.3, -0.25) is 0 Å². The summed E-state index contributed by atoms with van der Waals surface area (Å²) in [7, 11) is 0. The summed E-state index contributed by atoms with van der Waals surface area (Å²) in [4.78, 5) is 6.30. The van der Waals surface area contributed by atoms with Gasteiger partial charge in [0.2, 0.25) is 0 Å². The van der Waals surface area contributed by atoms with Crippen molar-refractivity contribution >= 4 is 5.82 Å². The van der Waals surface area contributed by atoms with Crippen LogP contribution in [0.2, 0.25) is 0 Å². The van der Waals surface area contributed by atoms with E-state index in [1.807, 2.05) is 18.2 Å². The second-order valence-electron chi connectivity index (χ2n) is 3.66. The number of nitrogens with zero attached hydrogens (tertiary/aromatic N) is 3. The van der Waals surface area contributed by atoms with Gasteiger partial charge in [-0.05, 0) is 25.0 Å². The maximum Gasteiger partial charge on any atom is 0.142 e. The lowest BCUT2D eigenvalue weighted by molar-refractivity contribution is 0.266. The zero-order valence-corrected chi connectivity index (χ0v) is 8.43. The second-order valence-corrected chi connectivity index (χ2v) is 3.66. The lowest BCUT2D eigenvalue weighted by Gasteiger charge is -2.23. The molecule has 1 aliphatic rings. The Kier molecular flexibility index (Phi) is 2.84. The van der Waals surface area contributed by atoms with Gasteiger partial charge in [0.15, 0.2) is 0 Å². The summed E-state index contributed by atoms with van der Waals surface area (Å²) in [5, 5.41) is 17.9. The quantitative estimate of drug-likeness (QED) is 0.776. The summed E-state index contributed by atoms with van der Waals surface area (Å²) in [6, 6.07) is 7.58. The van der Waals surface area contributed by atoms with E-state index in [0.29, 0.717) is 5.69 Å². The molecule has 1 aromatic heterocycles. The van der Waals surface area contributed by atoms with E-state index in [9.17, 15) is 5.11 Å². The third-order valence-electron chi connectivity index (χ3n) is 2.73. The van der Waals surface area contributed by atoms with Gasteiger partial charge in [-0.15, -0.1) is 0 Å². The van der Waals surface area contributed by atoms with Crippen LogP contribution in [0, 0.1) is 11.3 Å². The molecule has 1 fully saturated rings. The Hall–Kier alpha value is -1.60. The molecule has 1 aliphatic heterocycles. The van der Waals surface area contributed by atoms with Gasteiger partial charge in [-0.2, -0.15) is 5.26 Å². The van der Waals surface area contributed by atoms with Crippen LogP contribution in [0.4, 0.5) is 5.82 Å². The molecule has 78 valence electrons. The van der Waals surface area contributed by atoms with E-state index in [2.05, 4.69) is 9.88 Å². The zero-order chi connectivity index (χ0) is 10.7. The van der Waals surface area contributed by atoms with Crippen LogP contribution in [0.15, 0.2) is 18.2 Å². The molecule has 1 saturated heterocycles. The first kappa shape index (κ1) is 9.94. The Bertz CT molecular complexity index is 386. The van der Waals surface area contributed by atoms with E-state index in [1.54, 1.807) is 6.07 Å². The fourth-order valence-corrected chi connectivity index (χ4v) is 1.97. The number of hydrogen-bond donors (Lipinski definition) is 1. The SMILES string of the molecule is N#Cc1cccc(N2CCCC2CO)n1. The average molecular weight is 203 g/mol. The summed E-state index contributed by atoms with van der Waals surface area (Å²) >= 11 is 0. The molecule has 0 aliphatic carbocycles. The number of rotatable bonds is 2. The number of aliphatic hydroxyl groups excluding tert-OH is 1. The largest absolute Gasteiger partial charge is 0.394 e. The van der Waals surface area contributed by atoms with Crippen LogP contribution in [0.3, 0.4) is 0 Å². The van der Waals surface area contributed by atoms with E-state index < -0.39 is 0 Å². The van der Waals surface area contributed by atoms with Crippen molar-refractivity contribution < 1.29 is 5.11 Å². The van der Waals surface area contributed by atoms with Gasteiger partial charge in [0.25, 0.3) is 0 Å². The Morgan fingerprint density at radius 1 is 1.60 bits per heavy atom. The van der Waals surface area contributed by atoms with Crippen molar-refractivity contribution in [1.82, 2.24) is 4.98 Å². The highest BCUT2D eigenvalue weighted by Crippen LogP contribution is 2.23. The molecule has 0 amide bonds.